The monoisotopic (exact) mass is 450 g/mol. The summed E-state index contributed by atoms with van der Waals surface area (Å²) >= 11 is 0. The molecule has 1 amide bonds. The van der Waals surface area contributed by atoms with Crippen molar-refractivity contribution in [2.24, 2.45) is 5.92 Å². The summed E-state index contributed by atoms with van der Waals surface area (Å²) in [4.78, 5) is 25.5. The molecule has 0 radical (unpaired) electrons. The Kier molecular flexibility index (Phi) is 5.01. The second-order valence-corrected chi connectivity index (χ2v) is 8.39. The fraction of sp³-hybridized carbons (Fsp3) is 0.250. The van der Waals surface area contributed by atoms with Crippen LogP contribution in [-0.4, -0.2) is 27.5 Å². The predicted molar refractivity (Wildman–Crippen MR) is 110 cm³/mol. The molecule has 6 nitrogen and oxygen atoms in total. The number of nitriles is 1. The van der Waals surface area contributed by atoms with Crippen molar-refractivity contribution in [1.82, 2.24) is 15.1 Å². The van der Waals surface area contributed by atoms with Gasteiger partial charge in [0.2, 0.25) is 0 Å². The van der Waals surface area contributed by atoms with Crippen molar-refractivity contribution in [3.8, 4) is 6.07 Å². The third kappa shape index (κ3) is 3.89. The number of fused-ring (bicyclic) bond motifs is 3. The Balaban J connectivity index is 1.34. The molecule has 33 heavy (non-hydrogen) atoms. The highest BCUT2D eigenvalue weighted by molar-refractivity contribution is 5.98. The van der Waals surface area contributed by atoms with Gasteiger partial charge in [-0.15, -0.1) is 0 Å². The minimum Gasteiger partial charge on any atom is -0.340 e. The Hall–Kier alpha value is -3.93. The van der Waals surface area contributed by atoms with Gasteiger partial charge >= 0.3 is 0 Å². The highest BCUT2D eigenvalue weighted by Gasteiger charge is 2.51. The highest BCUT2D eigenvalue weighted by atomic mass is 19.1. The molecule has 1 saturated carbocycles. The first-order chi connectivity index (χ1) is 15.8. The normalized spacial score (nSPS) is 20.9. The Bertz CT molecular complexity index is 1340. The summed E-state index contributed by atoms with van der Waals surface area (Å²) in [6.45, 7) is 0.146. The third-order valence-corrected chi connectivity index (χ3v) is 6.18. The van der Waals surface area contributed by atoms with Crippen LogP contribution in [0.2, 0.25) is 0 Å². The van der Waals surface area contributed by atoms with Crippen LogP contribution >= 0.6 is 0 Å². The van der Waals surface area contributed by atoms with Gasteiger partial charge in [0.1, 0.15) is 11.6 Å². The minimum absolute atomic E-state index is 0.146. The standard InChI is InChI=1S/C24H17F3N4O2/c25-14-5-15-16-7-18(16)22(21(32)8-17(15)19(26)6-14)29-24(33)23-20(27)11-31(30-23)10-13-3-1-2-12(4-13)9-28/h1-6,11,16,18,22H,7-8,10H2,(H,29,33)/t16-,18?,22-/m0/s1. The molecule has 1 N–H and O–H groups in total. The van der Waals surface area contributed by atoms with Crippen molar-refractivity contribution in [2.75, 3.05) is 0 Å². The second-order valence-electron chi connectivity index (χ2n) is 8.39. The number of ketones is 1. The van der Waals surface area contributed by atoms with Crippen LogP contribution in [0.25, 0.3) is 0 Å². The molecule has 1 unspecified atom stereocenters. The van der Waals surface area contributed by atoms with Crippen LogP contribution in [0.3, 0.4) is 0 Å². The quantitative estimate of drug-likeness (QED) is 0.661. The van der Waals surface area contributed by atoms with Crippen LogP contribution < -0.4 is 5.32 Å². The number of hydrogen-bond donors (Lipinski definition) is 1. The van der Waals surface area contributed by atoms with Gasteiger partial charge in [-0.05, 0) is 53.1 Å². The average Bonchev–Trinajstić information content (AvgIpc) is 3.49. The maximum atomic E-state index is 14.5. The number of Topliss-reactive ketones (excluding diaryl/α,β-unsaturated/α-hetero) is 1. The Labute approximate surface area is 186 Å². The number of rotatable bonds is 4. The van der Waals surface area contributed by atoms with Gasteiger partial charge in [0.15, 0.2) is 17.3 Å². The summed E-state index contributed by atoms with van der Waals surface area (Å²) in [5.41, 5.74) is 1.30. The largest absolute Gasteiger partial charge is 0.340 e. The number of carbonyl (C=O) groups excluding carboxylic acids is 2. The number of amides is 1. The summed E-state index contributed by atoms with van der Waals surface area (Å²) in [5.74, 6) is -4.14. The predicted octanol–water partition coefficient (Wildman–Crippen LogP) is 3.25. The number of aromatic nitrogens is 2. The fourth-order valence-corrected chi connectivity index (χ4v) is 4.56. The maximum Gasteiger partial charge on any atom is 0.275 e. The van der Waals surface area contributed by atoms with Gasteiger partial charge in [-0.2, -0.15) is 10.4 Å². The van der Waals surface area contributed by atoms with Crippen molar-refractivity contribution in [2.45, 2.75) is 31.3 Å². The molecular weight excluding hydrogens is 433 g/mol. The zero-order valence-electron chi connectivity index (χ0n) is 17.2. The van der Waals surface area contributed by atoms with Gasteiger partial charge < -0.3 is 5.32 Å². The molecule has 2 aliphatic rings. The first kappa shape index (κ1) is 20.9. The first-order valence-electron chi connectivity index (χ1n) is 10.4. The molecule has 3 aromatic rings. The summed E-state index contributed by atoms with van der Waals surface area (Å²) < 4.78 is 43.7. The second kappa shape index (κ2) is 7.89. The summed E-state index contributed by atoms with van der Waals surface area (Å²) in [5, 5.41) is 15.6. The van der Waals surface area contributed by atoms with E-state index < -0.39 is 40.9 Å². The molecule has 1 aromatic heterocycles. The minimum atomic E-state index is -0.936. The van der Waals surface area contributed by atoms with Gasteiger partial charge in [-0.3, -0.25) is 14.3 Å². The first-order valence-corrected chi connectivity index (χ1v) is 10.4. The summed E-state index contributed by atoms with van der Waals surface area (Å²) in [6.07, 6.45) is 1.29. The molecule has 1 heterocycles. The van der Waals surface area contributed by atoms with Gasteiger partial charge in [-0.25, -0.2) is 13.2 Å². The molecule has 2 aromatic carbocycles. The van der Waals surface area contributed by atoms with E-state index in [0.717, 1.165) is 12.3 Å². The number of nitrogens with one attached hydrogen (secondary N) is 1. The Morgan fingerprint density at radius 3 is 2.82 bits per heavy atom. The van der Waals surface area contributed by atoms with Gasteiger partial charge in [0.25, 0.3) is 5.91 Å². The Morgan fingerprint density at radius 2 is 2.03 bits per heavy atom. The van der Waals surface area contributed by atoms with Crippen molar-refractivity contribution in [3.63, 3.8) is 0 Å². The van der Waals surface area contributed by atoms with Crippen LogP contribution in [0, 0.1) is 34.7 Å². The number of halogens is 3. The van der Waals surface area contributed by atoms with Crippen molar-refractivity contribution < 1.29 is 22.8 Å². The van der Waals surface area contributed by atoms with Gasteiger partial charge in [-0.1, -0.05) is 12.1 Å². The van der Waals surface area contributed by atoms with Crippen LogP contribution in [0.5, 0.6) is 0 Å². The number of hydrogen-bond acceptors (Lipinski definition) is 4. The molecule has 5 rings (SSSR count). The SMILES string of the molecule is N#Cc1cccc(Cn2cc(F)c(C(=O)N[C@@H]3C(=O)Cc4c(F)cc(F)cc4[C@@H]4CC34)n2)c1. The number of carbonyl (C=O) groups is 2. The molecule has 0 spiro atoms. The van der Waals surface area contributed by atoms with Crippen LogP contribution in [-0.2, 0) is 17.8 Å². The van der Waals surface area contributed by atoms with Crippen molar-refractivity contribution in [3.05, 3.63) is 88.0 Å². The van der Waals surface area contributed by atoms with Crippen molar-refractivity contribution >= 4 is 11.7 Å². The lowest BCUT2D eigenvalue weighted by molar-refractivity contribution is -0.120. The maximum absolute atomic E-state index is 14.5. The summed E-state index contributed by atoms with van der Waals surface area (Å²) in [7, 11) is 0. The van der Waals surface area contributed by atoms with E-state index in [-0.39, 0.29) is 30.4 Å². The lowest BCUT2D eigenvalue weighted by Gasteiger charge is -2.15. The summed E-state index contributed by atoms with van der Waals surface area (Å²) in [6, 6.07) is 9.78. The molecule has 0 bridgehead atoms. The molecule has 0 saturated heterocycles. The molecule has 3 atom stereocenters. The average molecular weight is 450 g/mol. The fourth-order valence-electron chi connectivity index (χ4n) is 4.56. The molecule has 1 fully saturated rings. The van der Waals surface area contributed by atoms with E-state index in [4.69, 9.17) is 5.26 Å². The molecule has 2 aliphatic carbocycles. The van der Waals surface area contributed by atoms with Crippen LogP contribution in [0.1, 0.15) is 45.1 Å². The Morgan fingerprint density at radius 1 is 1.21 bits per heavy atom. The van der Waals surface area contributed by atoms with E-state index in [1.54, 1.807) is 24.3 Å². The topological polar surface area (TPSA) is 87.8 Å². The zero-order valence-corrected chi connectivity index (χ0v) is 17.2. The van der Waals surface area contributed by atoms with Crippen LogP contribution in [0.4, 0.5) is 13.2 Å². The van der Waals surface area contributed by atoms with E-state index in [1.807, 2.05) is 6.07 Å². The smallest absolute Gasteiger partial charge is 0.275 e. The van der Waals surface area contributed by atoms with Crippen LogP contribution in [0.15, 0.2) is 42.6 Å². The lowest BCUT2D eigenvalue weighted by Crippen LogP contribution is -2.43. The number of nitrogens with zero attached hydrogens (tertiary/aromatic N) is 3. The molecular formula is C24H17F3N4O2. The van der Waals surface area contributed by atoms with E-state index >= 15 is 0 Å². The van der Waals surface area contributed by atoms with Gasteiger partial charge in [0.05, 0.1) is 30.4 Å². The van der Waals surface area contributed by atoms with Gasteiger partial charge in [0, 0.05) is 12.5 Å². The zero-order chi connectivity index (χ0) is 23.3. The molecule has 9 heteroatoms. The van der Waals surface area contributed by atoms with E-state index in [9.17, 15) is 22.8 Å². The van der Waals surface area contributed by atoms with E-state index in [1.165, 1.54) is 10.7 Å². The molecule has 166 valence electrons. The molecule has 0 aliphatic heterocycles. The highest BCUT2D eigenvalue weighted by Crippen LogP contribution is 2.53. The lowest BCUT2D eigenvalue weighted by atomic mass is 9.99. The third-order valence-electron chi connectivity index (χ3n) is 6.18. The van der Waals surface area contributed by atoms with Crippen molar-refractivity contribution in [1.29, 1.82) is 5.26 Å². The van der Waals surface area contributed by atoms with E-state index in [2.05, 4.69) is 10.4 Å². The van der Waals surface area contributed by atoms with E-state index in [0.29, 0.717) is 23.1 Å². The number of benzene rings is 2.